The minimum absolute atomic E-state index is 0.00298. The quantitative estimate of drug-likeness (QED) is 0.361. The Kier molecular flexibility index (Phi) is 6.29. The van der Waals surface area contributed by atoms with Crippen LogP contribution in [0.5, 0.6) is 11.5 Å². The zero-order chi connectivity index (χ0) is 24.4. The molecule has 3 aromatic rings. The summed E-state index contributed by atoms with van der Waals surface area (Å²) in [6.45, 7) is 6.45. The van der Waals surface area contributed by atoms with Crippen molar-refractivity contribution in [3.63, 3.8) is 0 Å². The molecule has 1 aliphatic carbocycles. The molecule has 0 fully saturated rings. The number of ether oxygens (including phenoxy) is 1. The summed E-state index contributed by atoms with van der Waals surface area (Å²) >= 11 is 0. The molecule has 4 nitrogen and oxygen atoms in total. The lowest BCUT2D eigenvalue weighted by Crippen LogP contribution is -2.50. The van der Waals surface area contributed by atoms with E-state index in [1.807, 2.05) is 54.6 Å². The van der Waals surface area contributed by atoms with Crippen molar-refractivity contribution in [3.05, 3.63) is 108 Å². The van der Waals surface area contributed by atoms with Crippen molar-refractivity contribution in [2.45, 2.75) is 51.7 Å². The molecular formula is C31H32N2O2. The van der Waals surface area contributed by atoms with Gasteiger partial charge in [0.05, 0.1) is 6.04 Å². The fraction of sp³-hybridized carbons (Fsp3) is 0.290. The lowest BCUT2D eigenvalue weighted by atomic mass is 9.85. The first-order valence-corrected chi connectivity index (χ1v) is 12.5. The molecule has 1 aliphatic heterocycles. The van der Waals surface area contributed by atoms with E-state index in [4.69, 9.17) is 9.73 Å². The Morgan fingerprint density at radius 3 is 2.49 bits per heavy atom. The lowest BCUT2D eigenvalue weighted by Gasteiger charge is -2.43. The molecule has 2 unspecified atom stereocenters. The number of carbonyl (C=O) groups is 1. The van der Waals surface area contributed by atoms with Crippen LogP contribution < -0.4 is 4.74 Å². The van der Waals surface area contributed by atoms with Gasteiger partial charge in [-0.05, 0) is 55.5 Å². The molecule has 2 aliphatic rings. The molecule has 0 radical (unpaired) electrons. The van der Waals surface area contributed by atoms with Crippen molar-refractivity contribution in [1.29, 1.82) is 0 Å². The first-order valence-electron chi connectivity index (χ1n) is 12.5. The Bertz CT molecular complexity index is 1260. The van der Waals surface area contributed by atoms with Crippen LogP contribution in [0.4, 0.5) is 0 Å². The van der Waals surface area contributed by atoms with Crippen LogP contribution in [0, 0.1) is 12.8 Å². The molecule has 0 saturated carbocycles. The average molecular weight is 465 g/mol. The molecule has 3 aromatic carbocycles. The summed E-state index contributed by atoms with van der Waals surface area (Å²) in [7, 11) is 0. The van der Waals surface area contributed by atoms with Crippen molar-refractivity contribution in [1.82, 2.24) is 4.90 Å². The van der Waals surface area contributed by atoms with Gasteiger partial charge in [-0.15, -0.1) is 0 Å². The summed E-state index contributed by atoms with van der Waals surface area (Å²) in [5.74, 6) is 1.81. The van der Waals surface area contributed by atoms with E-state index in [9.17, 15) is 4.79 Å². The van der Waals surface area contributed by atoms with Gasteiger partial charge in [0.15, 0.2) is 0 Å². The van der Waals surface area contributed by atoms with E-state index in [1.54, 1.807) is 0 Å². The highest BCUT2D eigenvalue weighted by atomic mass is 16.5. The molecule has 5 rings (SSSR count). The van der Waals surface area contributed by atoms with Crippen LogP contribution in [0.3, 0.4) is 0 Å². The van der Waals surface area contributed by atoms with Crippen LogP contribution in [0.1, 0.15) is 55.8 Å². The number of nitrogens with zero attached hydrogens (tertiary/aromatic N) is 2. The number of allylic oxidation sites excluding steroid dienone is 1. The highest BCUT2D eigenvalue weighted by Crippen LogP contribution is 2.45. The zero-order valence-electron chi connectivity index (χ0n) is 20.6. The van der Waals surface area contributed by atoms with Gasteiger partial charge in [-0.2, -0.15) is 0 Å². The van der Waals surface area contributed by atoms with Gasteiger partial charge in [-0.25, -0.2) is 0 Å². The van der Waals surface area contributed by atoms with Crippen LogP contribution in [-0.2, 0) is 4.79 Å². The van der Waals surface area contributed by atoms with Gasteiger partial charge in [0, 0.05) is 12.0 Å². The number of hydrogen-bond donors (Lipinski definition) is 0. The third-order valence-electron chi connectivity index (χ3n) is 6.99. The molecule has 0 aromatic heterocycles. The Hall–Kier alpha value is -3.66. The molecular weight excluding hydrogens is 432 g/mol. The van der Waals surface area contributed by atoms with Crippen LogP contribution in [-0.4, -0.2) is 22.2 Å². The zero-order valence-corrected chi connectivity index (χ0v) is 20.6. The molecule has 3 atom stereocenters. The van der Waals surface area contributed by atoms with Gasteiger partial charge in [0.2, 0.25) is 0 Å². The lowest BCUT2D eigenvalue weighted by molar-refractivity contribution is -0.132. The van der Waals surface area contributed by atoms with Gasteiger partial charge in [-0.1, -0.05) is 86.2 Å². The van der Waals surface area contributed by atoms with E-state index in [-0.39, 0.29) is 11.9 Å². The Morgan fingerprint density at radius 2 is 1.77 bits per heavy atom. The third-order valence-corrected chi connectivity index (χ3v) is 6.99. The van der Waals surface area contributed by atoms with Crippen LogP contribution in [0.15, 0.2) is 96.0 Å². The number of carbonyl (C=O) groups excluding carboxylic acids is 1. The minimum atomic E-state index is -0.567. The van der Waals surface area contributed by atoms with Gasteiger partial charge in [0.1, 0.15) is 22.9 Å². The summed E-state index contributed by atoms with van der Waals surface area (Å²) in [5, 5.41) is 0. The highest BCUT2D eigenvalue weighted by molar-refractivity contribution is 6.46. The highest BCUT2D eigenvalue weighted by Gasteiger charge is 2.50. The third kappa shape index (κ3) is 4.53. The van der Waals surface area contributed by atoms with Crippen LogP contribution in [0.2, 0.25) is 0 Å². The normalized spacial score (nSPS) is 22.4. The maximum Gasteiger partial charge on any atom is 0.275 e. The summed E-state index contributed by atoms with van der Waals surface area (Å²) in [5.41, 5.74) is 3.13. The van der Waals surface area contributed by atoms with Crippen molar-refractivity contribution >= 4 is 11.6 Å². The molecule has 1 spiro atoms. The molecule has 0 bridgehead atoms. The fourth-order valence-electron chi connectivity index (χ4n) is 5.36. The number of benzene rings is 3. The summed E-state index contributed by atoms with van der Waals surface area (Å²) in [6.07, 6.45) is 6.81. The summed E-state index contributed by atoms with van der Waals surface area (Å²) in [4.78, 5) is 21.4. The topological polar surface area (TPSA) is 41.9 Å². The van der Waals surface area contributed by atoms with Gasteiger partial charge in [0.25, 0.3) is 5.91 Å². The average Bonchev–Trinajstić information content (AvgIpc) is 3.13. The second kappa shape index (κ2) is 9.53. The number of rotatable bonds is 6. The molecule has 4 heteroatoms. The number of hydrogen-bond acceptors (Lipinski definition) is 3. The Balaban J connectivity index is 1.54. The van der Waals surface area contributed by atoms with Crippen molar-refractivity contribution < 1.29 is 9.53 Å². The van der Waals surface area contributed by atoms with E-state index in [0.717, 1.165) is 36.1 Å². The van der Waals surface area contributed by atoms with E-state index in [0.29, 0.717) is 17.4 Å². The largest absolute Gasteiger partial charge is 0.457 e. The Morgan fingerprint density at radius 1 is 1.03 bits per heavy atom. The van der Waals surface area contributed by atoms with Gasteiger partial charge < -0.3 is 9.64 Å². The van der Waals surface area contributed by atoms with Gasteiger partial charge >= 0.3 is 0 Å². The van der Waals surface area contributed by atoms with Crippen molar-refractivity contribution in [2.75, 3.05) is 0 Å². The Labute approximate surface area is 208 Å². The second-order valence-electron chi connectivity index (χ2n) is 9.71. The standard InChI is InChI=1S/C31H32N2O2/c1-4-28(24-17-15-22(2)16-18-24)33-30(34)29(32-31(33)19-9-10-23(3)21-31)25-11-8-14-27(20-25)35-26-12-6-5-7-13-26/h5-18,20,23,28H,4,19,21H2,1-3H3/t23?,28-,31?/m1/s1. The summed E-state index contributed by atoms with van der Waals surface area (Å²) in [6, 6.07) is 25.9. The number of amides is 1. The molecule has 0 saturated heterocycles. The predicted octanol–water partition coefficient (Wildman–Crippen LogP) is 7.25. The maximum atomic E-state index is 14.1. The molecule has 1 heterocycles. The number of aliphatic imine (C=N–C) groups is 1. The number of para-hydroxylation sites is 1. The number of aryl methyl sites for hydroxylation is 1. The first kappa shape index (κ1) is 23.1. The van der Waals surface area contributed by atoms with Crippen LogP contribution in [0.25, 0.3) is 0 Å². The van der Waals surface area contributed by atoms with E-state index >= 15 is 0 Å². The van der Waals surface area contributed by atoms with Crippen molar-refractivity contribution in [3.8, 4) is 11.5 Å². The second-order valence-corrected chi connectivity index (χ2v) is 9.71. The van der Waals surface area contributed by atoms with E-state index in [1.165, 1.54) is 5.56 Å². The minimum Gasteiger partial charge on any atom is -0.457 e. The van der Waals surface area contributed by atoms with Gasteiger partial charge in [-0.3, -0.25) is 9.79 Å². The SMILES string of the molecule is CC[C@H](c1ccc(C)cc1)N1C(=O)C(c2cccc(Oc3ccccc3)c2)=NC12CC=CC(C)C2. The molecule has 0 N–H and O–H groups in total. The molecule has 35 heavy (non-hydrogen) atoms. The van der Waals surface area contributed by atoms with Crippen molar-refractivity contribution in [2.24, 2.45) is 10.9 Å². The monoisotopic (exact) mass is 464 g/mol. The molecule has 1 amide bonds. The van der Waals surface area contributed by atoms with Crippen LogP contribution >= 0.6 is 0 Å². The fourth-order valence-corrected chi connectivity index (χ4v) is 5.36. The maximum absolute atomic E-state index is 14.1. The van der Waals surface area contributed by atoms with E-state index in [2.05, 4.69) is 62.1 Å². The first-order chi connectivity index (χ1) is 17.0. The predicted molar refractivity (Wildman–Crippen MR) is 141 cm³/mol. The smallest absolute Gasteiger partial charge is 0.275 e. The molecule has 178 valence electrons. The van der Waals surface area contributed by atoms with E-state index < -0.39 is 5.66 Å². The summed E-state index contributed by atoms with van der Waals surface area (Å²) < 4.78 is 6.05.